The quantitative estimate of drug-likeness (QED) is 0.459. The monoisotopic (exact) mass is 470 g/mol. The van der Waals surface area contributed by atoms with E-state index in [2.05, 4.69) is 10.4 Å². The number of carbonyl (C=O) groups excluding carboxylic acids is 2. The molecule has 0 fully saturated rings. The standard InChI is InChI=1S/C27H30N6O2/c1-7-33-18(4)20(14-29-33)15-32(6)27(35)24-22-12-16(2)8-11-23(22)30-25(31-24)19-9-10-21(17(3)13-19)26(34)28-5/h8-14H,7,15H2,1-6H3,(H,28,34). The average molecular weight is 471 g/mol. The van der Waals surface area contributed by atoms with Crippen molar-refractivity contribution in [3.8, 4) is 11.4 Å². The van der Waals surface area contributed by atoms with Crippen LogP contribution < -0.4 is 5.32 Å². The average Bonchev–Trinajstić information content (AvgIpc) is 3.21. The van der Waals surface area contributed by atoms with Gasteiger partial charge in [0.25, 0.3) is 11.8 Å². The minimum absolute atomic E-state index is 0.150. The third-order valence-electron chi connectivity index (χ3n) is 6.27. The van der Waals surface area contributed by atoms with Crippen molar-refractivity contribution in [3.05, 3.63) is 76.2 Å². The fourth-order valence-electron chi connectivity index (χ4n) is 4.19. The van der Waals surface area contributed by atoms with Crippen LogP contribution in [-0.2, 0) is 13.1 Å². The van der Waals surface area contributed by atoms with E-state index in [0.29, 0.717) is 34.5 Å². The molecule has 8 heteroatoms. The maximum Gasteiger partial charge on any atom is 0.273 e. The Labute approximate surface area is 205 Å². The molecule has 8 nitrogen and oxygen atoms in total. The molecule has 0 radical (unpaired) electrons. The minimum Gasteiger partial charge on any atom is -0.355 e. The van der Waals surface area contributed by atoms with Crippen LogP contribution in [0.5, 0.6) is 0 Å². The van der Waals surface area contributed by atoms with E-state index in [1.807, 2.05) is 68.9 Å². The van der Waals surface area contributed by atoms with Crippen LogP contribution in [0.4, 0.5) is 0 Å². The third-order valence-corrected chi connectivity index (χ3v) is 6.27. The lowest BCUT2D eigenvalue weighted by Crippen LogP contribution is -2.28. The van der Waals surface area contributed by atoms with Crippen molar-refractivity contribution in [2.75, 3.05) is 14.1 Å². The summed E-state index contributed by atoms with van der Waals surface area (Å²) < 4.78 is 1.92. The lowest BCUT2D eigenvalue weighted by molar-refractivity contribution is 0.0781. The summed E-state index contributed by atoms with van der Waals surface area (Å²) in [5, 5.41) is 7.76. The number of aromatic nitrogens is 4. The molecule has 0 bridgehead atoms. The second-order valence-electron chi connectivity index (χ2n) is 8.76. The van der Waals surface area contributed by atoms with Gasteiger partial charge in [-0.05, 0) is 57.5 Å². The van der Waals surface area contributed by atoms with Gasteiger partial charge in [-0.15, -0.1) is 0 Å². The molecule has 2 aromatic heterocycles. The number of aryl methyl sites for hydroxylation is 3. The molecule has 180 valence electrons. The van der Waals surface area contributed by atoms with E-state index in [1.54, 1.807) is 25.1 Å². The van der Waals surface area contributed by atoms with Crippen molar-refractivity contribution >= 4 is 22.7 Å². The molecular weight excluding hydrogens is 440 g/mol. The van der Waals surface area contributed by atoms with Crippen LogP contribution in [0.25, 0.3) is 22.3 Å². The fourth-order valence-corrected chi connectivity index (χ4v) is 4.19. The summed E-state index contributed by atoms with van der Waals surface area (Å²) in [6.45, 7) is 9.11. The molecule has 1 N–H and O–H groups in total. The molecule has 0 saturated heterocycles. The maximum atomic E-state index is 13.7. The summed E-state index contributed by atoms with van der Waals surface area (Å²) in [6.07, 6.45) is 1.81. The maximum absolute atomic E-state index is 13.7. The number of hydrogen-bond acceptors (Lipinski definition) is 5. The molecule has 0 saturated carbocycles. The van der Waals surface area contributed by atoms with Crippen LogP contribution >= 0.6 is 0 Å². The number of nitrogens with zero attached hydrogens (tertiary/aromatic N) is 5. The lowest BCUT2D eigenvalue weighted by Gasteiger charge is -2.18. The number of rotatable bonds is 6. The predicted molar refractivity (Wildman–Crippen MR) is 136 cm³/mol. The van der Waals surface area contributed by atoms with Crippen LogP contribution in [0, 0.1) is 20.8 Å². The first-order valence-electron chi connectivity index (χ1n) is 11.6. The van der Waals surface area contributed by atoms with Crippen molar-refractivity contribution in [2.24, 2.45) is 0 Å². The molecule has 0 aliphatic heterocycles. The Hall–Kier alpha value is -4.07. The molecule has 2 heterocycles. The van der Waals surface area contributed by atoms with Crippen molar-refractivity contribution in [1.82, 2.24) is 30.0 Å². The first-order valence-corrected chi connectivity index (χ1v) is 11.6. The van der Waals surface area contributed by atoms with Crippen molar-refractivity contribution in [2.45, 2.75) is 40.8 Å². The Kier molecular flexibility index (Phi) is 6.64. The number of carbonyl (C=O) groups is 2. The zero-order chi connectivity index (χ0) is 25.3. The molecule has 2 amide bonds. The highest BCUT2D eigenvalue weighted by atomic mass is 16.2. The normalized spacial score (nSPS) is 11.0. The number of amides is 2. The Bertz CT molecular complexity index is 1440. The smallest absolute Gasteiger partial charge is 0.273 e. The SMILES string of the molecule is CCn1ncc(CN(C)C(=O)c2nc(-c3ccc(C(=O)NC)c(C)c3)nc3ccc(C)cc23)c1C. The Morgan fingerprint density at radius 1 is 1.06 bits per heavy atom. The summed E-state index contributed by atoms with van der Waals surface area (Å²) in [7, 11) is 3.38. The van der Waals surface area contributed by atoms with Gasteiger partial charge in [0.15, 0.2) is 5.82 Å². The van der Waals surface area contributed by atoms with E-state index in [0.717, 1.165) is 34.5 Å². The van der Waals surface area contributed by atoms with Crippen molar-refractivity contribution < 1.29 is 9.59 Å². The van der Waals surface area contributed by atoms with E-state index < -0.39 is 0 Å². The summed E-state index contributed by atoms with van der Waals surface area (Å²) in [4.78, 5) is 36.9. The molecular formula is C27H30N6O2. The summed E-state index contributed by atoms with van der Waals surface area (Å²) in [6, 6.07) is 11.3. The van der Waals surface area contributed by atoms with Gasteiger partial charge in [-0.1, -0.05) is 17.7 Å². The van der Waals surface area contributed by atoms with E-state index in [9.17, 15) is 9.59 Å². The number of nitrogens with one attached hydrogen (secondary N) is 1. The first kappa shape index (κ1) is 24.1. The Balaban J connectivity index is 1.77. The topological polar surface area (TPSA) is 93.0 Å². The van der Waals surface area contributed by atoms with E-state index in [-0.39, 0.29) is 11.8 Å². The molecule has 4 aromatic rings. The second kappa shape index (κ2) is 9.66. The van der Waals surface area contributed by atoms with E-state index in [1.165, 1.54) is 0 Å². The van der Waals surface area contributed by atoms with Crippen LogP contribution in [0.3, 0.4) is 0 Å². The zero-order valence-electron chi connectivity index (χ0n) is 21.0. The molecule has 0 aliphatic rings. The van der Waals surface area contributed by atoms with Crippen molar-refractivity contribution in [1.29, 1.82) is 0 Å². The van der Waals surface area contributed by atoms with Gasteiger partial charge in [0.05, 0.1) is 11.7 Å². The summed E-state index contributed by atoms with van der Waals surface area (Å²) in [5.74, 6) is 0.106. The van der Waals surface area contributed by atoms with Gasteiger partial charge in [-0.2, -0.15) is 5.10 Å². The molecule has 35 heavy (non-hydrogen) atoms. The van der Waals surface area contributed by atoms with E-state index in [4.69, 9.17) is 9.97 Å². The third kappa shape index (κ3) is 4.64. The number of fused-ring (bicyclic) bond motifs is 1. The van der Waals surface area contributed by atoms with Gasteiger partial charge in [-0.3, -0.25) is 14.3 Å². The van der Waals surface area contributed by atoms with Gasteiger partial charge in [0, 0.05) is 55.0 Å². The highest BCUT2D eigenvalue weighted by Crippen LogP contribution is 2.26. The Morgan fingerprint density at radius 3 is 2.49 bits per heavy atom. The molecule has 0 unspecified atom stereocenters. The van der Waals surface area contributed by atoms with Crippen LogP contribution in [0.2, 0.25) is 0 Å². The van der Waals surface area contributed by atoms with Gasteiger partial charge in [0.2, 0.25) is 0 Å². The molecule has 0 spiro atoms. The van der Waals surface area contributed by atoms with Crippen LogP contribution in [0.15, 0.2) is 42.6 Å². The van der Waals surface area contributed by atoms with Gasteiger partial charge in [0.1, 0.15) is 5.69 Å². The fraction of sp³-hybridized carbons (Fsp3) is 0.296. The largest absolute Gasteiger partial charge is 0.355 e. The molecule has 0 aliphatic carbocycles. The number of benzene rings is 2. The van der Waals surface area contributed by atoms with E-state index >= 15 is 0 Å². The Morgan fingerprint density at radius 2 is 1.83 bits per heavy atom. The number of hydrogen-bond donors (Lipinski definition) is 1. The zero-order valence-corrected chi connectivity index (χ0v) is 21.0. The molecule has 0 atom stereocenters. The molecule has 2 aromatic carbocycles. The van der Waals surface area contributed by atoms with Gasteiger partial charge < -0.3 is 10.2 Å². The molecule has 4 rings (SSSR count). The van der Waals surface area contributed by atoms with Crippen LogP contribution in [-0.4, -0.2) is 50.6 Å². The highest BCUT2D eigenvalue weighted by molar-refractivity contribution is 6.05. The lowest BCUT2D eigenvalue weighted by atomic mass is 10.0. The van der Waals surface area contributed by atoms with Gasteiger partial charge >= 0.3 is 0 Å². The van der Waals surface area contributed by atoms with Crippen molar-refractivity contribution in [3.63, 3.8) is 0 Å². The minimum atomic E-state index is -0.188. The highest BCUT2D eigenvalue weighted by Gasteiger charge is 2.21. The predicted octanol–water partition coefficient (Wildman–Crippen LogP) is 4.07. The van der Waals surface area contributed by atoms with Crippen LogP contribution in [0.1, 0.15) is 50.2 Å². The van der Waals surface area contributed by atoms with Gasteiger partial charge in [-0.25, -0.2) is 9.97 Å². The second-order valence-corrected chi connectivity index (χ2v) is 8.76. The summed E-state index contributed by atoms with van der Waals surface area (Å²) in [5.41, 5.74) is 6.26. The first-order chi connectivity index (χ1) is 16.7. The summed E-state index contributed by atoms with van der Waals surface area (Å²) >= 11 is 0.